The molecule has 0 spiro atoms. The normalized spacial score (nSPS) is 20.0. The number of halogens is 1. The van der Waals surface area contributed by atoms with Crippen molar-refractivity contribution in [3.63, 3.8) is 0 Å². The number of carbonyl (C=O) groups is 1. The van der Waals surface area contributed by atoms with Crippen LogP contribution in [0.5, 0.6) is 11.5 Å². The van der Waals surface area contributed by atoms with E-state index in [2.05, 4.69) is 32.2 Å². The molecule has 2 aliphatic rings. The first-order valence-corrected chi connectivity index (χ1v) is 11.7. The van der Waals surface area contributed by atoms with E-state index in [0.29, 0.717) is 36.4 Å². The standard InChI is InChI=1S/C27H28FN3O4/c1-25(2,3)23-13-16-11-19(17(15-29)12-20(16)31(23)9-10-32)30-24(33)27(7-8-27)18-5-6-21-22(14-18)35-26(4,28)34-21/h5-6,11-14,32H,7-10H2,1-4H3,(H,30,33). The third-order valence-electron chi connectivity index (χ3n) is 6.77. The van der Waals surface area contributed by atoms with Crippen LogP contribution in [0.1, 0.15) is 57.4 Å². The average Bonchev–Trinajstić information content (AvgIpc) is 3.42. The number of fused-ring (bicyclic) bond motifs is 2. The van der Waals surface area contributed by atoms with E-state index in [4.69, 9.17) is 9.47 Å². The van der Waals surface area contributed by atoms with Crippen LogP contribution in [0.4, 0.5) is 10.1 Å². The number of aliphatic hydroxyl groups is 1. The number of hydrogen-bond acceptors (Lipinski definition) is 5. The van der Waals surface area contributed by atoms with Crippen LogP contribution in [-0.2, 0) is 22.2 Å². The van der Waals surface area contributed by atoms with E-state index >= 15 is 0 Å². The first kappa shape index (κ1) is 23.2. The fourth-order valence-corrected chi connectivity index (χ4v) is 4.86. The van der Waals surface area contributed by atoms with Gasteiger partial charge in [0.15, 0.2) is 11.5 Å². The molecule has 0 saturated heterocycles. The summed E-state index contributed by atoms with van der Waals surface area (Å²) in [7, 11) is 0. The highest BCUT2D eigenvalue weighted by atomic mass is 19.2. The second-order valence-electron chi connectivity index (χ2n) is 10.5. The number of benzene rings is 2. The second-order valence-corrected chi connectivity index (χ2v) is 10.5. The third-order valence-corrected chi connectivity index (χ3v) is 6.77. The van der Waals surface area contributed by atoms with Gasteiger partial charge in [-0.3, -0.25) is 4.79 Å². The number of rotatable bonds is 5. The number of alkyl halides is 1. The molecule has 2 N–H and O–H groups in total. The summed E-state index contributed by atoms with van der Waals surface area (Å²) in [6, 6.07) is 10.6. The monoisotopic (exact) mass is 477 g/mol. The number of hydrogen-bond donors (Lipinski definition) is 2. The molecule has 0 bridgehead atoms. The predicted molar refractivity (Wildman–Crippen MR) is 129 cm³/mol. The summed E-state index contributed by atoms with van der Waals surface area (Å²) < 4.78 is 26.4. The zero-order valence-electron chi connectivity index (χ0n) is 20.2. The molecule has 1 saturated carbocycles. The van der Waals surface area contributed by atoms with Crippen LogP contribution in [0.3, 0.4) is 0 Å². The number of aliphatic hydroxyl groups excluding tert-OH is 1. The molecule has 35 heavy (non-hydrogen) atoms. The second kappa shape index (κ2) is 7.72. The van der Waals surface area contributed by atoms with Crippen molar-refractivity contribution in [3.05, 3.63) is 53.2 Å². The quantitative estimate of drug-likeness (QED) is 0.546. The fourth-order valence-electron chi connectivity index (χ4n) is 4.86. The van der Waals surface area contributed by atoms with Crippen LogP contribution in [-0.4, -0.2) is 28.2 Å². The van der Waals surface area contributed by atoms with Crippen molar-refractivity contribution in [2.45, 2.75) is 64.0 Å². The van der Waals surface area contributed by atoms with Crippen molar-refractivity contribution in [1.82, 2.24) is 4.57 Å². The number of nitrogens with zero attached hydrogens (tertiary/aromatic N) is 2. The molecule has 2 aromatic carbocycles. The molecule has 1 unspecified atom stereocenters. The maximum atomic E-state index is 14.1. The van der Waals surface area contributed by atoms with E-state index in [-0.39, 0.29) is 23.7 Å². The van der Waals surface area contributed by atoms with Gasteiger partial charge in [-0.25, -0.2) is 0 Å². The largest absolute Gasteiger partial charge is 0.423 e. The van der Waals surface area contributed by atoms with Crippen LogP contribution in [0.2, 0.25) is 0 Å². The topological polar surface area (TPSA) is 96.5 Å². The van der Waals surface area contributed by atoms with E-state index in [1.54, 1.807) is 24.3 Å². The van der Waals surface area contributed by atoms with Crippen LogP contribution in [0.25, 0.3) is 10.9 Å². The molecule has 7 nitrogen and oxygen atoms in total. The van der Waals surface area contributed by atoms with Crippen molar-refractivity contribution >= 4 is 22.5 Å². The van der Waals surface area contributed by atoms with Crippen LogP contribution in [0, 0.1) is 11.3 Å². The maximum Gasteiger partial charge on any atom is 0.404 e. The number of amides is 1. The van der Waals surface area contributed by atoms with Gasteiger partial charge >= 0.3 is 6.04 Å². The zero-order chi connectivity index (χ0) is 25.2. The van der Waals surface area contributed by atoms with Crippen molar-refractivity contribution in [3.8, 4) is 17.6 Å². The van der Waals surface area contributed by atoms with E-state index in [9.17, 15) is 19.6 Å². The molecule has 3 aromatic rings. The summed E-state index contributed by atoms with van der Waals surface area (Å²) in [6.07, 6.45) is 1.27. The Hall–Kier alpha value is -3.57. The summed E-state index contributed by atoms with van der Waals surface area (Å²) >= 11 is 0. The number of anilines is 1. The summed E-state index contributed by atoms with van der Waals surface area (Å²) in [5, 5.41) is 23.3. The van der Waals surface area contributed by atoms with Crippen molar-refractivity contribution in [2.24, 2.45) is 0 Å². The predicted octanol–water partition coefficient (Wildman–Crippen LogP) is 4.89. The highest BCUT2D eigenvalue weighted by Gasteiger charge is 2.52. The number of ether oxygens (including phenoxy) is 2. The highest BCUT2D eigenvalue weighted by molar-refractivity contribution is 6.04. The van der Waals surface area contributed by atoms with Gasteiger partial charge in [-0.15, -0.1) is 0 Å². The molecule has 1 fully saturated rings. The Labute approximate surface area is 203 Å². The Bertz CT molecular complexity index is 1390. The van der Waals surface area contributed by atoms with Gasteiger partial charge in [0.05, 0.1) is 23.3 Å². The SMILES string of the molecule is CC1(F)Oc2ccc(C3(C(=O)Nc4cc5cc(C(C)(C)C)n(CCO)c5cc4C#N)CC3)cc2O1. The first-order valence-electron chi connectivity index (χ1n) is 11.7. The molecule has 5 rings (SSSR count). The van der Waals surface area contributed by atoms with Crippen LogP contribution >= 0.6 is 0 Å². The summed E-state index contributed by atoms with van der Waals surface area (Å²) in [6.45, 7) is 7.86. The van der Waals surface area contributed by atoms with Gasteiger partial charge in [-0.2, -0.15) is 9.65 Å². The smallest absolute Gasteiger partial charge is 0.404 e. The lowest BCUT2D eigenvalue weighted by molar-refractivity contribution is -0.173. The highest BCUT2D eigenvalue weighted by Crippen LogP contribution is 2.52. The maximum absolute atomic E-state index is 14.1. The summed E-state index contributed by atoms with van der Waals surface area (Å²) in [5.41, 5.74) is 2.44. The Kier molecular flexibility index (Phi) is 5.11. The number of aromatic nitrogens is 1. The van der Waals surface area contributed by atoms with Gasteiger partial charge in [0.2, 0.25) is 5.91 Å². The first-order chi connectivity index (χ1) is 16.5. The number of carbonyl (C=O) groups excluding carboxylic acids is 1. The Morgan fingerprint density at radius 1 is 1.20 bits per heavy atom. The van der Waals surface area contributed by atoms with Crippen molar-refractivity contribution < 1.29 is 23.8 Å². The minimum Gasteiger partial charge on any atom is -0.423 e. The van der Waals surface area contributed by atoms with Crippen LogP contribution in [0.15, 0.2) is 36.4 Å². The summed E-state index contributed by atoms with van der Waals surface area (Å²) in [5.74, 6) is 0.348. The molecule has 182 valence electrons. The number of nitrogens with one attached hydrogen (secondary N) is 1. The van der Waals surface area contributed by atoms with Gasteiger partial charge in [-0.1, -0.05) is 26.8 Å². The third kappa shape index (κ3) is 3.90. The lowest BCUT2D eigenvalue weighted by atomic mass is 9.92. The van der Waals surface area contributed by atoms with Gasteiger partial charge in [-0.05, 0) is 48.7 Å². The molecule has 1 aliphatic heterocycles. The minimum absolute atomic E-state index is 0.0210. The van der Waals surface area contributed by atoms with Gasteiger partial charge in [0.25, 0.3) is 0 Å². The van der Waals surface area contributed by atoms with Gasteiger partial charge < -0.3 is 24.5 Å². The Morgan fingerprint density at radius 3 is 2.54 bits per heavy atom. The molecule has 1 atom stereocenters. The molecule has 1 aromatic heterocycles. The Balaban J connectivity index is 1.49. The lowest BCUT2D eigenvalue weighted by Crippen LogP contribution is -2.28. The average molecular weight is 478 g/mol. The molecule has 8 heteroatoms. The van der Waals surface area contributed by atoms with E-state index in [1.807, 2.05) is 16.7 Å². The summed E-state index contributed by atoms with van der Waals surface area (Å²) in [4.78, 5) is 13.5. The molecular formula is C27H28FN3O4. The molecule has 1 amide bonds. The van der Waals surface area contributed by atoms with Gasteiger partial charge in [0.1, 0.15) is 6.07 Å². The van der Waals surface area contributed by atoms with Crippen molar-refractivity contribution in [1.29, 1.82) is 5.26 Å². The van der Waals surface area contributed by atoms with Crippen LogP contribution < -0.4 is 14.8 Å². The lowest BCUT2D eigenvalue weighted by Gasteiger charge is -2.21. The van der Waals surface area contributed by atoms with Gasteiger partial charge in [0, 0.05) is 35.5 Å². The fraction of sp³-hybridized carbons (Fsp3) is 0.407. The van der Waals surface area contributed by atoms with E-state index in [0.717, 1.165) is 22.2 Å². The molecular weight excluding hydrogens is 449 g/mol. The zero-order valence-corrected chi connectivity index (χ0v) is 20.2. The Morgan fingerprint density at radius 2 is 1.91 bits per heavy atom. The van der Waals surface area contributed by atoms with E-state index in [1.165, 1.54) is 6.92 Å². The number of nitriles is 1. The van der Waals surface area contributed by atoms with E-state index < -0.39 is 11.5 Å². The van der Waals surface area contributed by atoms with Crippen molar-refractivity contribution in [2.75, 3.05) is 11.9 Å². The molecule has 0 radical (unpaired) electrons. The molecule has 2 heterocycles. The molecule has 1 aliphatic carbocycles. The minimum atomic E-state index is -2.23.